The van der Waals surface area contributed by atoms with Gasteiger partial charge in [-0.25, -0.2) is 9.97 Å². The van der Waals surface area contributed by atoms with Gasteiger partial charge in [-0.15, -0.1) is 0 Å². The van der Waals surface area contributed by atoms with Crippen molar-refractivity contribution in [1.29, 1.82) is 5.26 Å². The van der Waals surface area contributed by atoms with E-state index in [1.807, 2.05) is 30.3 Å². The lowest BCUT2D eigenvalue weighted by Crippen LogP contribution is -2.58. The number of hydrogen-bond donors (Lipinski definition) is 1. The van der Waals surface area contributed by atoms with Gasteiger partial charge in [0.2, 0.25) is 0 Å². The first-order valence-corrected chi connectivity index (χ1v) is 8.99. The zero-order valence-electron chi connectivity index (χ0n) is 14.2. The second-order valence-electron chi connectivity index (χ2n) is 7.03. The molecule has 0 amide bonds. The topological polar surface area (TPSA) is 73.0 Å². The van der Waals surface area contributed by atoms with Gasteiger partial charge in [0, 0.05) is 30.9 Å². The first-order valence-electron chi connectivity index (χ1n) is 8.99. The lowest BCUT2D eigenvalue weighted by molar-refractivity contribution is -0.0691. The summed E-state index contributed by atoms with van der Waals surface area (Å²) in [6, 6.07) is 12.4. The summed E-state index contributed by atoms with van der Waals surface area (Å²) in [5.41, 5.74) is 0.570. The number of aliphatic hydroxyl groups is 1. The summed E-state index contributed by atoms with van der Waals surface area (Å²) in [4.78, 5) is 10.8. The van der Waals surface area contributed by atoms with Gasteiger partial charge in [0.05, 0.1) is 5.60 Å². The minimum absolute atomic E-state index is 0.144. The fourth-order valence-corrected chi connectivity index (χ4v) is 4.65. The summed E-state index contributed by atoms with van der Waals surface area (Å²) >= 11 is 0. The molecule has 0 bridgehead atoms. The van der Waals surface area contributed by atoms with E-state index < -0.39 is 5.60 Å². The molecule has 25 heavy (non-hydrogen) atoms. The van der Waals surface area contributed by atoms with Gasteiger partial charge < -0.3 is 10.0 Å². The van der Waals surface area contributed by atoms with E-state index in [0.717, 1.165) is 31.2 Å². The third-order valence-electron chi connectivity index (χ3n) is 5.81. The van der Waals surface area contributed by atoms with E-state index in [4.69, 9.17) is 0 Å². The maximum atomic E-state index is 11.6. The summed E-state index contributed by atoms with van der Waals surface area (Å²) in [6.07, 6.45) is 8.13. The van der Waals surface area contributed by atoms with Crippen LogP contribution in [0.2, 0.25) is 0 Å². The Morgan fingerprint density at radius 3 is 2.68 bits per heavy atom. The van der Waals surface area contributed by atoms with Crippen LogP contribution in [0.25, 0.3) is 0 Å². The number of anilines is 1. The van der Waals surface area contributed by atoms with Gasteiger partial charge in [-0.1, -0.05) is 43.2 Å². The molecule has 1 aliphatic carbocycles. The third-order valence-corrected chi connectivity index (χ3v) is 5.81. The van der Waals surface area contributed by atoms with Crippen molar-refractivity contribution < 1.29 is 5.11 Å². The molecule has 128 valence electrons. The van der Waals surface area contributed by atoms with Gasteiger partial charge in [0.15, 0.2) is 11.5 Å². The van der Waals surface area contributed by atoms with Crippen molar-refractivity contribution in [2.45, 2.75) is 43.7 Å². The van der Waals surface area contributed by atoms with E-state index in [0.29, 0.717) is 24.5 Å². The number of nitriles is 1. The molecular weight excluding hydrogens is 312 g/mol. The van der Waals surface area contributed by atoms with Crippen molar-refractivity contribution in [3.63, 3.8) is 0 Å². The molecule has 2 fully saturated rings. The highest BCUT2D eigenvalue weighted by molar-refractivity contribution is 5.51. The Morgan fingerprint density at radius 2 is 1.88 bits per heavy atom. The highest BCUT2D eigenvalue weighted by atomic mass is 16.3. The molecule has 2 heterocycles. The van der Waals surface area contributed by atoms with Crippen molar-refractivity contribution in [1.82, 2.24) is 9.97 Å². The lowest BCUT2D eigenvalue weighted by atomic mass is 9.66. The van der Waals surface area contributed by atoms with E-state index in [9.17, 15) is 10.4 Å². The van der Waals surface area contributed by atoms with E-state index in [1.165, 1.54) is 0 Å². The van der Waals surface area contributed by atoms with Crippen LogP contribution in [0.15, 0.2) is 42.7 Å². The van der Waals surface area contributed by atoms with Crippen LogP contribution in [0.5, 0.6) is 0 Å². The normalized spacial score (nSPS) is 28.9. The van der Waals surface area contributed by atoms with Gasteiger partial charge >= 0.3 is 0 Å². The predicted molar refractivity (Wildman–Crippen MR) is 94.8 cm³/mol. The van der Waals surface area contributed by atoms with Crippen LogP contribution in [0.3, 0.4) is 0 Å². The number of fused-ring (bicyclic) bond motifs is 1. The fourth-order valence-electron chi connectivity index (χ4n) is 4.65. The molecule has 3 atom stereocenters. The molecule has 0 spiro atoms. The third kappa shape index (κ3) is 2.67. The first-order chi connectivity index (χ1) is 12.2. The van der Waals surface area contributed by atoms with Crippen LogP contribution in [0, 0.1) is 17.2 Å². The minimum Gasteiger partial charge on any atom is -0.385 e. The van der Waals surface area contributed by atoms with Crippen LogP contribution in [-0.2, 0) is 5.60 Å². The highest BCUT2D eigenvalue weighted by Crippen LogP contribution is 2.47. The second-order valence-corrected chi connectivity index (χ2v) is 7.03. The van der Waals surface area contributed by atoms with Crippen LogP contribution in [-0.4, -0.2) is 27.7 Å². The molecule has 1 aromatic carbocycles. The number of aromatic nitrogens is 2. The average molecular weight is 334 g/mol. The number of nitrogens with zero attached hydrogens (tertiary/aromatic N) is 4. The SMILES string of the molecule is N#Cc1nccnc1N1CC[C@@](O)(c2ccccc2)[C@H]2CCCC[C@H]21. The smallest absolute Gasteiger partial charge is 0.183 e. The molecule has 1 saturated heterocycles. The molecule has 0 unspecified atom stereocenters. The molecule has 5 heteroatoms. The number of hydrogen-bond acceptors (Lipinski definition) is 5. The summed E-state index contributed by atoms with van der Waals surface area (Å²) in [5, 5.41) is 21.0. The Bertz CT molecular complexity index is 788. The molecular formula is C20H22N4O. The second kappa shape index (κ2) is 6.45. The van der Waals surface area contributed by atoms with Gasteiger partial charge in [-0.2, -0.15) is 5.26 Å². The first kappa shape index (κ1) is 16.0. The highest BCUT2D eigenvalue weighted by Gasteiger charge is 2.49. The Kier molecular flexibility index (Phi) is 4.14. The molecule has 1 N–H and O–H groups in total. The monoisotopic (exact) mass is 334 g/mol. The van der Waals surface area contributed by atoms with E-state index in [1.54, 1.807) is 12.4 Å². The molecule has 1 saturated carbocycles. The molecule has 2 aromatic rings. The molecule has 1 aliphatic heterocycles. The molecule has 1 aromatic heterocycles. The standard InChI is InChI=1S/C20H22N4O/c21-14-17-19(23-12-11-22-17)24-13-10-20(25,15-6-2-1-3-7-15)16-8-4-5-9-18(16)24/h1-3,6-7,11-12,16,18,25H,4-5,8-10,13H2/t16-,18+,20+/m0/s1. The van der Waals surface area contributed by atoms with Crippen molar-refractivity contribution in [3.05, 3.63) is 54.0 Å². The minimum atomic E-state index is -0.808. The summed E-state index contributed by atoms with van der Waals surface area (Å²) in [6.45, 7) is 0.680. The summed E-state index contributed by atoms with van der Waals surface area (Å²) < 4.78 is 0. The van der Waals surface area contributed by atoms with E-state index in [2.05, 4.69) is 20.9 Å². The van der Waals surface area contributed by atoms with E-state index in [-0.39, 0.29) is 12.0 Å². The summed E-state index contributed by atoms with van der Waals surface area (Å²) in [7, 11) is 0. The zero-order chi connectivity index (χ0) is 17.3. The van der Waals surface area contributed by atoms with Gasteiger partial charge in [0.1, 0.15) is 6.07 Å². The van der Waals surface area contributed by atoms with Crippen LogP contribution >= 0.6 is 0 Å². The quantitative estimate of drug-likeness (QED) is 0.914. The van der Waals surface area contributed by atoms with Crippen LogP contribution < -0.4 is 4.90 Å². The Labute approximate surface area is 148 Å². The fraction of sp³-hybridized carbons (Fsp3) is 0.450. The van der Waals surface area contributed by atoms with Crippen LogP contribution in [0.4, 0.5) is 5.82 Å². The molecule has 5 nitrogen and oxygen atoms in total. The number of rotatable bonds is 2. The maximum Gasteiger partial charge on any atom is 0.183 e. The zero-order valence-corrected chi connectivity index (χ0v) is 14.2. The van der Waals surface area contributed by atoms with E-state index >= 15 is 0 Å². The van der Waals surface area contributed by atoms with Gasteiger partial charge in [-0.05, 0) is 24.8 Å². The van der Waals surface area contributed by atoms with Crippen LogP contribution in [0.1, 0.15) is 43.4 Å². The van der Waals surface area contributed by atoms with Gasteiger partial charge in [-0.3, -0.25) is 0 Å². The molecule has 4 rings (SSSR count). The largest absolute Gasteiger partial charge is 0.385 e. The number of benzene rings is 1. The lowest BCUT2D eigenvalue weighted by Gasteiger charge is -2.53. The summed E-state index contributed by atoms with van der Waals surface area (Å²) in [5.74, 6) is 0.808. The van der Waals surface area contributed by atoms with Gasteiger partial charge in [0.25, 0.3) is 0 Å². The Hall–Kier alpha value is -2.45. The molecule has 0 radical (unpaired) electrons. The predicted octanol–water partition coefficient (Wildman–Crippen LogP) is 3.00. The number of piperidine rings is 1. The maximum absolute atomic E-state index is 11.6. The van der Waals surface area contributed by atoms with Crippen molar-refractivity contribution in [3.8, 4) is 6.07 Å². The Morgan fingerprint density at radius 1 is 1.12 bits per heavy atom. The average Bonchev–Trinajstić information content (AvgIpc) is 2.69. The van der Waals surface area contributed by atoms with Crippen molar-refractivity contribution in [2.75, 3.05) is 11.4 Å². The van der Waals surface area contributed by atoms with Crippen molar-refractivity contribution >= 4 is 5.82 Å². The molecule has 2 aliphatic rings. The Balaban J connectivity index is 1.73. The van der Waals surface area contributed by atoms with Crippen molar-refractivity contribution in [2.24, 2.45) is 5.92 Å².